The number of amides is 4. The molecule has 4 amide bonds. The Bertz CT molecular complexity index is 369. The van der Waals surface area contributed by atoms with Crippen LogP contribution in [0.3, 0.4) is 0 Å². The summed E-state index contributed by atoms with van der Waals surface area (Å²) in [6.45, 7) is 2.87. The molecule has 2 rings (SSSR count). The Morgan fingerprint density at radius 1 is 1.47 bits per heavy atom. The summed E-state index contributed by atoms with van der Waals surface area (Å²) in [7, 11) is 0. The molecule has 6 nitrogen and oxygen atoms in total. The molecule has 0 bridgehead atoms. The summed E-state index contributed by atoms with van der Waals surface area (Å²) in [6.07, 6.45) is 2.85. The second-order valence-corrected chi connectivity index (χ2v) is 4.66. The number of carbonyl (C=O) groups is 3. The van der Waals surface area contributed by atoms with Gasteiger partial charge in [0.25, 0.3) is 5.91 Å². The van der Waals surface area contributed by atoms with E-state index < -0.39 is 11.6 Å². The van der Waals surface area contributed by atoms with Gasteiger partial charge in [0.2, 0.25) is 5.91 Å². The lowest BCUT2D eigenvalue weighted by atomic mass is 9.99. The topological polar surface area (TPSA) is 78.5 Å². The van der Waals surface area contributed by atoms with Crippen molar-refractivity contribution in [3.8, 4) is 0 Å². The lowest BCUT2D eigenvalue weighted by Crippen LogP contribution is -2.49. The average molecular weight is 239 g/mol. The Morgan fingerprint density at radius 3 is 2.82 bits per heavy atom. The molecule has 2 saturated heterocycles. The van der Waals surface area contributed by atoms with Crippen molar-refractivity contribution in [3.05, 3.63) is 0 Å². The van der Waals surface area contributed by atoms with Crippen LogP contribution in [0.25, 0.3) is 0 Å². The number of imide groups is 1. The number of nitrogens with one attached hydrogen (secondary N) is 2. The molecule has 0 saturated carbocycles. The SMILES string of the molecule is CCCCC(=O)N1CCC2(C1)NC(=O)NC2=O. The second kappa shape index (κ2) is 4.35. The van der Waals surface area contributed by atoms with Crippen molar-refractivity contribution in [2.24, 2.45) is 0 Å². The van der Waals surface area contributed by atoms with Crippen LogP contribution in [-0.4, -0.2) is 41.4 Å². The first-order valence-electron chi connectivity index (χ1n) is 5.99. The van der Waals surface area contributed by atoms with Crippen LogP contribution in [0.2, 0.25) is 0 Å². The number of carbonyl (C=O) groups excluding carboxylic acids is 3. The number of hydrogen-bond donors (Lipinski definition) is 2. The Balaban J connectivity index is 1.97. The molecule has 1 atom stereocenters. The fourth-order valence-corrected chi connectivity index (χ4v) is 2.32. The molecule has 0 aliphatic carbocycles. The van der Waals surface area contributed by atoms with Crippen molar-refractivity contribution < 1.29 is 14.4 Å². The van der Waals surface area contributed by atoms with Crippen LogP contribution in [0.4, 0.5) is 4.79 Å². The molecule has 0 aromatic rings. The molecule has 2 fully saturated rings. The van der Waals surface area contributed by atoms with Crippen molar-refractivity contribution in [2.45, 2.75) is 38.1 Å². The molecule has 94 valence electrons. The van der Waals surface area contributed by atoms with Crippen molar-refractivity contribution >= 4 is 17.8 Å². The highest BCUT2D eigenvalue weighted by Gasteiger charge is 2.51. The van der Waals surface area contributed by atoms with Crippen LogP contribution in [0, 0.1) is 0 Å². The third-order valence-corrected chi connectivity index (χ3v) is 3.38. The number of likely N-dealkylation sites (tertiary alicyclic amines) is 1. The molecule has 0 aromatic heterocycles. The molecule has 2 N–H and O–H groups in total. The maximum Gasteiger partial charge on any atom is 0.322 e. The highest BCUT2D eigenvalue weighted by molar-refractivity contribution is 6.07. The lowest BCUT2D eigenvalue weighted by molar-refractivity contribution is -0.130. The van der Waals surface area contributed by atoms with Gasteiger partial charge in [0, 0.05) is 13.0 Å². The normalized spacial score (nSPS) is 27.5. The van der Waals surface area contributed by atoms with Gasteiger partial charge in [-0.1, -0.05) is 13.3 Å². The summed E-state index contributed by atoms with van der Waals surface area (Å²) >= 11 is 0. The van der Waals surface area contributed by atoms with Gasteiger partial charge < -0.3 is 10.2 Å². The second-order valence-electron chi connectivity index (χ2n) is 4.66. The first-order valence-corrected chi connectivity index (χ1v) is 5.99. The van der Waals surface area contributed by atoms with Crippen molar-refractivity contribution in [1.82, 2.24) is 15.5 Å². The van der Waals surface area contributed by atoms with E-state index in [4.69, 9.17) is 0 Å². The van der Waals surface area contributed by atoms with Crippen LogP contribution in [-0.2, 0) is 9.59 Å². The first kappa shape index (κ1) is 11.9. The van der Waals surface area contributed by atoms with Crippen molar-refractivity contribution in [3.63, 3.8) is 0 Å². The fourth-order valence-electron chi connectivity index (χ4n) is 2.32. The van der Waals surface area contributed by atoms with Gasteiger partial charge in [-0.15, -0.1) is 0 Å². The Hall–Kier alpha value is -1.59. The number of rotatable bonds is 3. The van der Waals surface area contributed by atoms with Gasteiger partial charge >= 0.3 is 6.03 Å². The monoisotopic (exact) mass is 239 g/mol. The summed E-state index contributed by atoms with van der Waals surface area (Å²) < 4.78 is 0. The van der Waals surface area contributed by atoms with E-state index in [1.165, 1.54) is 0 Å². The predicted octanol–water partition coefficient (Wildman–Crippen LogP) is -0.0129. The summed E-state index contributed by atoms with van der Waals surface area (Å²) in [5, 5.41) is 4.85. The number of nitrogens with zero attached hydrogens (tertiary/aromatic N) is 1. The Morgan fingerprint density at radius 2 is 2.24 bits per heavy atom. The highest BCUT2D eigenvalue weighted by atomic mass is 16.2. The molecule has 1 unspecified atom stereocenters. The fraction of sp³-hybridized carbons (Fsp3) is 0.727. The van der Waals surface area contributed by atoms with Gasteiger partial charge in [0.1, 0.15) is 5.54 Å². The smallest absolute Gasteiger partial charge is 0.322 e. The number of unbranched alkanes of at least 4 members (excludes halogenated alkanes) is 1. The van der Waals surface area contributed by atoms with Gasteiger partial charge in [-0.25, -0.2) is 4.79 Å². The summed E-state index contributed by atoms with van der Waals surface area (Å²) in [4.78, 5) is 36.3. The predicted molar refractivity (Wildman–Crippen MR) is 60.1 cm³/mol. The molecule has 1 spiro atoms. The third-order valence-electron chi connectivity index (χ3n) is 3.38. The van der Waals surface area contributed by atoms with Gasteiger partial charge in [-0.2, -0.15) is 0 Å². The summed E-state index contributed by atoms with van der Waals surface area (Å²) in [6, 6.07) is -0.460. The minimum Gasteiger partial charge on any atom is -0.340 e. The Kier molecular flexibility index (Phi) is 3.04. The quantitative estimate of drug-likeness (QED) is 0.680. The molecular weight excluding hydrogens is 222 g/mol. The minimum absolute atomic E-state index is 0.0673. The maximum atomic E-state index is 11.8. The molecule has 0 radical (unpaired) electrons. The van der Waals surface area contributed by atoms with E-state index in [1.54, 1.807) is 4.90 Å². The van der Waals surface area contributed by atoms with Crippen LogP contribution < -0.4 is 10.6 Å². The lowest BCUT2D eigenvalue weighted by Gasteiger charge is -2.21. The first-order chi connectivity index (χ1) is 8.07. The van der Waals surface area contributed by atoms with Gasteiger partial charge in [-0.3, -0.25) is 14.9 Å². The Labute approximate surface area is 99.7 Å². The van der Waals surface area contributed by atoms with E-state index in [0.29, 0.717) is 25.9 Å². The largest absolute Gasteiger partial charge is 0.340 e. The van der Waals surface area contributed by atoms with Crippen LogP contribution in [0.1, 0.15) is 32.6 Å². The zero-order valence-corrected chi connectivity index (χ0v) is 9.91. The zero-order valence-electron chi connectivity index (χ0n) is 9.91. The molecule has 0 aromatic carbocycles. The molecule has 2 aliphatic rings. The van der Waals surface area contributed by atoms with Crippen molar-refractivity contribution in [2.75, 3.05) is 13.1 Å². The molecule has 2 heterocycles. The summed E-state index contributed by atoms with van der Waals surface area (Å²) in [5.41, 5.74) is -0.876. The molecule has 6 heteroatoms. The molecular formula is C11H17N3O3. The van der Waals surface area contributed by atoms with E-state index in [2.05, 4.69) is 10.6 Å². The molecule has 17 heavy (non-hydrogen) atoms. The highest BCUT2D eigenvalue weighted by Crippen LogP contribution is 2.25. The van der Waals surface area contributed by atoms with Crippen LogP contribution >= 0.6 is 0 Å². The van der Waals surface area contributed by atoms with Crippen LogP contribution in [0.15, 0.2) is 0 Å². The van der Waals surface area contributed by atoms with Crippen molar-refractivity contribution in [1.29, 1.82) is 0 Å². The third kappa shape index (κ3) is 2.11. The molecule has 2 aliphatic heterocycles. The van der Waals surface area contributed by atoms with E-state index >= 15 is 0 Å². The van der Waals surface area contributed by atoms with E-state index in [-0.39, 0.29) is 11.8 Å². The zero-order chi connectivity index (χ0) is 12.5. The summed E-state index contributed by atoms with van der Waals surface area (Å²) in [5.74, 6) is -0.244. The van der Waals surface area contributed by atoms with E-state index in [9.17, 15) is 14.4 Å². The average Bonchev–Trinajstić information content (AvgIpc) is 2.81. The van der Waals surface area contributed by atoms with Gasteiger partial charge in [0.15, 0.2) is 0 Å². The van der Waals surface area contributed by atoms with Gasteiger partial charge in [-0.05, 0) is 12.8 Å². The maximum absolute atomic E-state index is 11.8. The van der Waals surface area contributed by atoms with E-state index in [0.717, 1.165) is 12.8 Å². The van der Waals surface area contributed by atoms with Gasteiger partial charge in [0.05, 0.1) is 6.54 Å². The minimum atomic E-state index is -0.876. The number of urea groups is 1. The van der Waals surface area contributed by atoms with E-state index in [1.807, 2.05) is 6.92 Å². The number of hydrogen-bond acceptors (Lipinski definition) is 3. The standard InChI is InChI=1S/C11H17N3O3/c1-2-3-4-8(15)14-6-5-11(7-14)9(16)12-10(17)13-11/h2-7H2,1H3,(H2,12,13,16,17). The van der Waals surface area contributed by atoms with Crippen LogP contribution in [0.5, 0.6) is 0 Å².